The Kier molecular flexibility index (Phi) is 4.94. The molecule has 0 unspecified atom stereocenters. The summed E-state index contributed by atoms with van der Waals surface area (Å²) in [5.41, 5.74) is 1.91. The van der Waals surface area contributed by atoms with Gasteiger partial charge >= 0.3 is 0 Å². The number of halogens is 3. The molecular weight excluding hydrogens is 345 g/mol. The van der Waals surface area contributed by atoms with Crippen LogP contribution in [-0.2, 0) is 0 Å². The van der Waals surface area contributed by atoms with Gasteiger partial charge in [0.1, 0.15) is 5.82 Å². The minimum Gasteiger partial charge on any atom is -0.206 e. The van der Waals surface area contributed by atoms with Gasteiger partial charge in [-0.15, -0.1) is 0 Å². The van der Waals surface area contributed by atoms with Crippen molar-refractivity contribution < 1.29 is 13.2 Å². The highest BCUT2D eigenvalue weighted by atomic mass is 19.2. The van der Waals surface area contributed by atoms with Crippen LogP contribution in [-0.4, -0.2) is 0 Å². The Hall–Kier alpha value is -2.29. The molecule has 1 fully saturated rings. The summed E-state index contributed by atoms with van der Waals surface area (Å²) in [4.78, 5) is 0. The lowest BCUT2D eigenvalue weighted by molar-refractivity contribution is 0.319. The molecule has 0 aliphatic heterocycles. The van der Waals surface area contributed by atoms with E-state index < -0.39 is 11.6 Å². The molecule has 3 heteroatoms. The smallest absolute Gasteiger partial charge is 0.159 e. The summed E-state index contributed by atoms with van der Waals surface area (Å²) in [5, 5.41) is 1.37. The third-order valence-electron chi connectivity index (χ3n) is 6.10. The molecule has 0 bridgehead atoms. The van der Waals surface area contributed by atoms with Crippen LogP contribution in [0.5, 0.6) is 0 Å². The Balaban J connectivity index is 1.67. The Bertz CT molecular complexity index is 969. The van der Waals surface area contributed by atoms with Crippen molar-refractivity contribution >= 4 is 10.8 Å². The lowest BCUT2D eigenvalue weighted by Gasteiger charge is -2.28. The van der Waals surface area contributed by atoms with Crippen LogP contribution >= 0.6 is 0 Å². The van der Waals surface area contributed by atoms with Crippen LogP contribution in [0.2, 0.25) is 0 Å². The van der Waals surface area contributed by atoms with Crippen molar-refractivity contribution in [2.45, 2.75) is 44.9 Å². The number of hydrogen-bond acceptors (Lipinski definition) is 0. The molecule has 0 radical (unpaired) electrons. The van der Waals surface area contributed by atoms with Gasteiger partial charge in [0.05, 0.1) is 0 Å². The highest BCUT2D eigenvalue weighted by molar-refractivity contribution is 5.88. The van der Waals surface area contributed by atoms with E-state index in [0.29, 0.717) is 16.9 Å². The largest absolute Gasteiger partial charge is 0.206 e. The topological polar surface area (TPSA) is 0 Å². The Morgan fingerprint density at radius 2 is 1.59 bits per heavy atom. The molecular formula is C24H23F3. The first kappa shape index (κ1) is 18.1. The standard InChI is InChI=1S/C24H23F3/c1-2-15-3-5-16(6-4-15)17-7-10-20-18(13-17)8-11-21(24(20)27)19-9-12-22(25)23(26)14-19/h7-16H,2-6H2,1H3/t15-,16-. The number of rotatable bonds is 3. The summed E-state index contributed by atoms with van der Waals surface area (Å²) in [5.74, 6) is -0.892. The molecule has 0 saturated heterocycles. The fraction of sp³-hybridized carbons (Fsp3) is 0.333. The van der Waals surface area contributed by atoms with E-state index in [4.69, 9.17) is 0 Å². The van der Waals surface area contributed by atoms with E-state index in [1.807, 2.05) is 18.2 Å². The van der Waals surface area contributed by atoms with Crippen LogP contribution in [0.1, 0.15) is 50.5 Å². The van der Waals surface area contributed by atoms with Crippen LogP contribution in [0.25, 0.3) is 21.9 Å². The second-order valence-corrected chi connectivity index (χ2v) is 7.66. The van der Waals surface area contributed by atoms with Crippen LogP contribution in [0.4, 0.5) is 13.2 Å². The van der Waals surface area contributed by atoms with Crippen molar-refractivity contribution in [1.82, 2.24) is 0 Å². The fourth-order valence-corrected chi connectivity index (χ4v) is 4.35. The van der Waals surface area contributed by atoms with Gasteiger partial charge in [-0.25, -0.2) is 13.2 Å². The zero-order valence-electron chi connectivity index (χ0n) is 15.4. The monoisotopic (exact) mass is 368 g/mol. The lowest BCUT2D eigenvalue weighted by Crippen LogP contribution is -2.12. The van der Waals surface area contributed by atoms with E-state index in [1.165, 1.54) is 43.7 Å². The molecule has 0 atom stereocenters. The van der Waals surface area contributed by atoms with Crippen LogP contribution in [0.15, 0.2) is 48.5 Å². The van der Waals surface area contributed by atoms with Crippen LogP contribution in [0.3, 0.4) is 0 Å². The molecule has 3 aromatic carbocycles. The van der Waals surface area contributed by atoms with Crippen molar-refractivity contribution in [2.75, 3.05) is 0 Å². The van der Waals surface area contributed by atoms with Gasteiger partial charge in [-0.2, -0.15) is 0 Å². The third-order valence-corrected chi connectivity index (χ3v) is 6.10. The van der Waals surface area contributed by atoms with Crippen LogP contribution < -0.4 is 0 Å². The minimum atomic E-state index is -0.968. The van der Waals surface area contributed by atoms with Crippen molar-refractivity contribution in [2.24, 2.45) is 5.92 Å². The van der Waals surface area contributed by atoms with E-state index in [2.05, 4.69) is 13.0 Å². The molecule has 0 amide bonds. The van der Waals surface area contributed by atoms with E-state index >= 15 is 4.39 Å². The van der Waals surface area contributed by atoms with Gasteiger partial charge in [0.25, 0.3) is 0 Å². The lowest BCUT2D eigenvalue weighted by atomic mass is 9.77. The summed E-state index contributed by atoms with van der Waals surface area (Å²) in [6.07, 6.45) is 6.17. The van der Waals surface area contributed by atoms with Gasteiger partial charge in [0, 0.05) is 10.9 Å². The van der Waals surface area contributed by atoms with E-state index in [0.717, 1.165) is 23.4 Å². The van der Waals surface area contributed by atoms with E-state index in [9.17, 15) is 8.78 Å². The first-order valence-electron chi connectivity index (χ1n) is 9.74. The number of fused-ring (bicyclic) bond motifs is 1. The van der Waals surface area contributed by atoms with Crippen molar-refractivity contribution in [3.05, 3.63) is 71.5 Å². The predicted octanol–water partition coefficient (Wildman–Crippen LogP) is 7.61. The highest BCUT2D eigenvalue weighted by Crippen LogP contribution is 2.38. The molecule has 1 aliphatic carbocycles. The Morgan fingerprint density at radius 3 is 2.30 bits per heavy atom. The number of hydrogen-bond donors (Lipinski definition) is 0. The van der Waals surface area contributed by atoms with Gasteiger partial charge in [0.15, 0.2) is 11.6 Å². The summed E-state index contributed by atoms with van der Waals surface area (Å²) >= 11 is 0. The molecule has 4 rings (SSSR count). The first-order chi connectivity index (χ1) is 13.1. The summed E-state index contributed by atoms with van der Waals surface area (Å²) in [6, 6.07) is 12.9. The maximum atomic E-state index is 15.0. The van der Waals surface area contributed by atoms with E-state index in [-0.39, 0.29) is 11.4 Å². The van der Waals surface area contributed by atoms with Gasteiger partial charge in [-0.1, -0.05) is 49.7 Å². The molecule has 1 aliphatic rings. The first-order valence-corrected chi connectivity index (χ1v) is 9.74. The third kappa shape index (κ3) is 3.47. The van der Waals surface area contributed by atoms with Gasteiger partial charge in [0.2, 0.25) is 0 Å². The normalized spacial score (nSPS) is 20.1. The Morgan fingerprint density at radius 1 is 0.815 bits per heavy atom. The highest BCUT2D eigenvalue weighted by Gasteiger charge is 2.22. The Labute approximate surface area is 158 Å². The van der Waals surface area contributed by atoms with Gasteiger partial charge < -0.3 is 0 Å². The summed E-state index contributed by atoms with van der Waals surface area (Å²) in [7, 11) is 0. The molecule has 0 aromatic heterocycles. The zero-order chi connectivity index (χ0) is 19.0. The average molecular weight is 368 g/mol. The fourth-order valence-electron chi connectivity index (χ4n) is 4.35. The molecule has 3 aromatic rings. The SMILES string of the molecule is CC[C@H]1CC[C@H](c2ccc3c(F)c(-c4ccc(F)c(F)c4)ccc3c2)CC1. The second kappa shape index (κ2) is 7.38. The van der Waals surface area contributed by atoms with Crippen molar-refractivity contribution in [1.29, 1.82) is 0 Å². The second-order valence-electron chi connectivity index (χ2n) is 7.66. The van der Waals surface area contributed by atoms with Gasteiger partial charge in [-0.3, -0.25) is 0 Å². The maximum absolute atomic E-state index is 15.0. The van der Waals surface area contributed by atoms with Crippen LogP contribution in [0, 0.1) is 23.4 Å². The number of benzene rings is 3. The molecule has 0 heterocycles. The minimum absolute atomic E-state index is 0.289. The average Bonchev–Trinajstić information content (AvgIpc) is 2.70. The summed E-state index contributed by atoms with van der Waals surface area (Å²) in [6.45, 7) is 2.26. The summed E-state index contributed by atoms with van der Waals surface area (Å²) < 4.78 is 41.7. The van der Waals surface area contributed by atoms with Crippen molar-refractivity contribution in [3.63, 3.8) is 0 Å². The van der Waals surface area contributed by atoms with E-state index in [1.54, 1.807) is 6.07 Å². The predicted molar refractivity (Wildman–Crippen MR) is 104 cm³/mol. The van der Waals surface area contributed by atoms with Crippen molar-refractivity contribution in [3.8, 4) is 11.1 Å². The van der Waals surface area contributed by atoms with Gasteiger partial charge in [-0.05, 0) is 66.2 Å². The quantitative estimate of drug-likeness (QED) is 0.446. The molecule has 0 spiro atoms. The zero-order valence-corrected chi connectivity index (χ0v) is 15.4. The molecule has 0 N–H and O–H groups in total. The molecule has 27 heavy (non-hydrogen) atoms. The molecule has 140 valence electrons. The maximum Gasteiger partial charge on any atom is 0.159 e. The molecule has 1 saturated carbocycles. The molecule has 0 nitrogen and oxygen atoms in total.